The fraction of sp³-hybridized carbons (Fsp3) is 0.143. The summed E-state index contributed by atoms with van der Waals surface area (Å²) in [5.74, 6) is 1.38. The van der Waals surface area contributed by atoms with Crippen molar-refractivity contribution in [3.63, 3.8) is 0 Å². The predicted molar refractivity (Wildman–Crippen MR) is 39.4 cm³/mol. The minimum atomic E-state index is -4.60. The minimum Gasteiger partial charge on any atom is -0.368 e. The highest BCUT2D eigenvalue weighted by Crippen LogP contribution is 2.29. The van der Waals surface area contributed by atoms with E-state index in [1.807, 2.05) is 5.92 Å². The van der Waals surface area contributed by atoms with Gasteiger partial charge in [-0.2, -0.15) is 13.2 Å². The normalized spacial score (nSPS) is 10.9. The molecule has 0 aliphatic carbocycles. The second kappa shape index (κ2) is 2.94. The van der Waals surface area contributed by atoms with E-state index in [2.05, 4.69) is 9.97 Å². The van der Waals surface area contributed by atoms with Crippen LogP contribution < -0.4 is 5.73 Å². The van der Waals surface area contributed by atoms with E-state index in [4.69, 9.17) is 12.2 Å². The molecule has 13 heavy (non-hydrogen) atoms. The molecule has 68 valence electrons. The van der Waals surface area contributed by atoms with E-state index in [-0.39, 0.29) is 0 Å². The number of hydrogen-bond donors (Lipinski definition) is 1. The van der Waals surface area contributed by atoms with Gasteiger partial charge in [0.05, 0.1) is 5.56 Å². The fourth-order valence-electron chi connectivity index (χ4n) is 0.717. The summed E-state index contributed by atoms with van der Waals surface area (Å²) in [5.41, 5.74) is 3.39. The largest absolute Gasteiger partial charge is 0.434 e. The molecule has 0 fully saturated rings. The molecule has 3 nitrogen and oxygen atoms in total. The van der Waals surface area contributed by atoms with Gasteiger partial charge in [0.1, 0.15) is 0 Å². The molecule has 0 aliphatic rings. The summed E-state index contributed by atoms with van der Waals surface area (Å²) in [6, 6.07) is 0. The molecule has 0 amide bonds. The zero-order chi connectivity index (χ0) is 10.1. The maximum atomic E-state index is 12.2. The Kier molecular flexibility index (Phi) is 2.10. The third-order valence-corrected chi connectivity index (χ3v) is 1.23. The molecule has 0 radical (unpaired) electrons. The Hall–Kier alpha value is -1.77. The van der Waals surface area contributed by atoms with E-state index < -0.39 is 23.4 Å². The lowest BCUT2D eigenvalue weighted by Gasteiger charge is -2.07. The van der Waals surface area contributed by atoms with Gasteiger partial charge < -0.3 is 5.73 Å². The minimum absolute atomic E-state index is 0.415. The Balaban J connectivity index is 3.35. The Bertz CT molecular complexity index is 364. The van der Waals surface area contributed by atoms with E-state index in [0.29, 0.717) is 0 Å². The molecule has 1 aromatic heterocycles. The molecule has 0 saturated carbocycles. The topological polar surface area (TPSA) is 51.8 Å². The molecule has 1 heterocycles. The highest BCUT2D eigenvalue weighted by atomic mass is 19.4. The lowest BCUT2D eigenvalue weighted by Crippen LogP contribution is -2.13. The van der Waals surface area contributed by atoms with Crippen molar-refractivity contribution in [3.05, 3.63) is 17.5 Å². The Morgan fingerprint density at radius 1 is 1.46 bits per heavy atom. The Labute approximate surface area is 71.8 Å². The van der Waals surface area contributed by atoms with Crippen molar-refractivity contribution in [3.8, 4) is 12.3 Å². The van der Waals surface area contributed by atoms with Crippen LogP contribution in [0.4, 0.5) is 19.1 Å². The summed E-state index contributed by atoms with van der Waals surface area (Å²) in [6.07, 6.45) is 1.09. The van der Waals surface area contributed by atoms with Gasteiger partial charge >= 0.3 is 6.18 Å². The number of nitrogen functional groups attached to an aromatic ring is 1. The molecule has 0 aliphatic heterocycles. The van der Waals surface area contributed by atoms with E-state index in [9.17, 15) is 13.2 Å². The number of nitrogens with two attached hydrogens (primary N) is 1. The maximum absolute atomic E-state index is 12.2. The lowest BCUT2D eigenvalue weighted by atomic mass is 10.2. The third kappa shape index (κ3) is 1.87. The number of rotatable bonds is 0. The van der Waals surface area contributed by atoms with Crippen molar-refractivity contribution in [2.45, 2.75) is 6.18 Å². The first-order chi connectivity index (χ1) is 5.95. The van der Waals surface area contributed by atoms with Crippen molar-refractivity contribution in [1.29, 1.82) is 0 Å². The third-order valence-electron chi connectivity index (χ3n) is 1.23. The van der Waals surface area contributed by atoms with Crippen molar-refractivity contribution in [2.75, 3.05) is 5.73 Å². The predicted octanol–water partition coefficient (Wildman–Crippen LogP) is 1.06. The monoisotopic (exact) mass is 187 g/mol. The molecular formula is C7H4F3N3. The molecule has 0 atom stereocenters. The molecule has 2 N–H and O–H groups in total. The second-order valence-corrected chi connectivity index (χ2v) is 2.13. The quantitative estimate of drug-likeness (QED) is 0.618. The van der Waals surface area contributed by atoms with Crippen LogP contribution in [0.1, 0.15) is 11.3 Å². The van der Waals surface area contributed by atoms with Gasteiger partial charge in [0.15, 0.2) is 5.69 Å². The molecule has 1 rings (SSSR count). The van der Waals surface area contributed by atoms with Crippen molar-refractivity contribution in [2.24, 2.45) is 0 Å². The first-order valence-electron chi connectivity index (χ1n) is 3.11. The highest BCUT2D eigenvalue weighted by molar-refractivity contribution is 5.38. The first-order valence-corrected chi connectivity index (χ1v) is 3.11. The van der Waals surface area contributed by atoms with Gasteiger partial charge in [-0.15, -0.1) is 6.42 Å². The number of anilines is 1. The molecule has 0 aromatic carbocycles. The average Bonchev–Trinajstić information content (AvgIpc) is 2.03. The molecular weight excluding hydrogens is 183 g/mol. The van der Waals surface area contributed by atoms with Gasteiger partial charge in [-0.05, 0) is 0 Å². The van der Waals surface area contributed by atoms with E-state index in [1.165, 1.54) is 0 Å². The molecule has 1 aromatic rings. The van der Waals surface area contributed by atoms with Gasteiger partial charge in [0.2, 0.25) is 5.95 Å². The van der Waals surface area contributed by atoms with Gasteiger partial charge in [-0.25, -0.2) is 9.97 Å². The lowest BCUT2D eigenvalue weighted by molar-refractivity contribution is -0.141. The van der Waals surface area contributed by atoms with Gasteiger partial charge in [-0.3, -0.25) is 0 Å². The number of alkyl halides is 3. The molecule has 0 bridgehead atoms. The zero-order valence-electron chi connectivity index (χ0n) is 6.26. The molecule has 0 saturated heterocycles. The number of aromatic nitrogens is 2. The van der Waals surface area contributed by atoms with Crippen LogP contribution in [0.25, 0.3) is 0 Å². The van der Waals surface area contributed by atoms with Gasteiger partial charge in [0.25, 0.3) is 0 Å². The standard InChI is InChI=1S/C7H4F3N3/c1-2-4-3-12-6(11)13-5(4)7(8,9)10/h1,3H,(H2,11,12,13). The van der Waals surface area contributed by atoms with Crippen molar-refractivity contribution >= 4 is 5.95 Å². The zero-order valence-corrected chi connectivity index (χ0v) is 6.26. The first kappa shape index (κ1) is 9.32. The van der Waals surface area contributed by atoms with E-state index >= 15 is 0 Å². The molecule has 6 heteroatoms. The maximum Gasteiger partial charge on any atom is 0.434 e. The second-order valence-electron chi connectivity index (χ2n) is 2.13. The number of hydrogen-bond acceptors (Lipinski definition) is 3. The van der Waals surface area contributed by atoms with Crippen molar-refractivity contribution < 1.29 is 13.2 Å². The Morgan fingerprint density at radius 3 is 2.54 bits per heavy atom. The van der Waals surface area contributed by atoms with Crippen LogP contribution in [0.3, 0.4) is 0 Å². The van der Waals surface area contributed by atoms with Crippen LogP contribution in [-0.4, -0.2) is 9.97 Å². The van der Waals surface area contributed by atoms with Crippen LogP contribution in [0.2, 0.25) is 0 Å². The van der Waals surface area contributed by atoms with Crippen LogP contribution >= 0.6 is 0 Å². The van der Waals surface area contributed by atoms with Crippen LogP contribution in [0.15, 0.2) is 6.20 Å². The number of halogens is 3. The van der Waals surface area contributed by atoms with Gasteiger partial charge in [-0.1, -0.05) is 5.92 Å². The number of terminal acetylenes is 1. The van der Waals surface area contributed by atoms with Crippen LogP contribution in [0.5, 0.6) is 0 Å². The average molecular weight is 187 g/mol. The molecule has 0 unspecified atom stereocenters. The smallest absolute Gasteiger partial charge is 0.368 e. The van der Waals surface area contributed by atoms with E-state index in [0.717, 1.165) is 6.20 Å². The van der Waals surface area contributed by atoms with Crippen LogP contribution in [0, 0.1) is 12.3 Å². The van der Waals surface area contributed by atoms with E-state index in [1.54, 1.807) is 0 Å². The summed E-state index contributed by atoms with van der Waals surface area (Å²) < 4.78 is 36.5. The fourth-order valence-corrected chi connectivity index (χ4v) is 0.717. The SMILES string of the molecule is C#Cc1cnc(N)nc1C(F)(F)F. The summed E-state index contributed by atoms with van der Waals surface area (Å²) in [7, 11) is 0. The summed E-state index contributed by atoms with van der Waals surface area (Å²) in [6.45, 7) is 0. The van der Waals surface area contributed by atoms with Gasteiger partial charge in [0, 0.05) is 6.20 Å². The summed E-state index contributed by atoms with van der Waals surface area (Å²) in [4.78, 5) is 6.36. The van der Waals surface area contributed by atoms with Crippen LogP contribution in [-0.2, 0) is 6.18 Å². The van der Waals surface area contributed by atoms with Crippen molar-refractivity contribution in [1.82, 2.24) is 9.97 Å². The summed E-state index contributed by atoms with van der Waals surface area (Å²) >= 11 is 0. The highest BCUT2D eigenvalue weighted by Gasteiger charge is 2.35. The number of nitrogens with zero attached hydrogens (tertiary/aromatic N) is 2. The molecule has 0 spiro atoms. The Morgan fingerprint density at radius 2 is 2.08 bits per heavy atom. The summed E-state index contributed by atoms with van der Waals surface area (Å²) in [5, 5.41) is 0.